The van der Waals surface area contributed by atoms with E-state index < -0.39 is 5.54 Å². The molecule has 0 aromatic heterocycles. The van der Waals surface area contributed by atoms with Crippen molar-refractivity contribution in [2.24, 2.45) is 0 Å². The Morgan fingerprint density at radius 3 is 2.59 bits per heavy atom. The SMILES string of the molecule is CCCCC(C#N)(CC)Nc1ccccc1Br. The number of rotatable bonds is 6. The van der Waals surface area contributed by atoms with Crippen LogP contribution in [0.3, 0.4) is 0 Å². The summed E-state index contributed by atoms with van der Waals surface area (Å²) in [6, 6.07) is 10.4. The maximum absolute atomic E-state index is 9.43. The molecule has 2 nitrogen and oxygen atoms in total. The molecule has 3 heteroatoms. The monoisotopic (exact) mass is 294 g/mol. The molecule has 0 spiro atoms. The van der Waals surface area contributed by atoms with Crippen LogP contribution in [0.25, 0.3) is 0 Å². The quantitative estimate of drug-likeness (QED) is 0.824. The van der Waals surface area contributed by atoms with Crippen LogP contribution in [-0.4, -0.2) is 5.54 Å². The first-order valence-electron chi connectivity index (χ1n) is 6.11. The van der Waals surface area contributed by atoms with E-state index in [1.54, 1.807) is 0 Å². The van der Waals surface area contributed by atoms with Gasteiger partial charge in [0.1, 0.15) is 5.54 Å². The molecule has 0 fully saturated rings. The van der Waals surface area contributed by atoms with E-state index in [0.29, 0.717) is 0 Å². The van der Waals surface area contributed by atoms with Crippen LogP contribution in [0, 0.1) is 11.3 Å². The van der Waals surface area contributed by atoms with Gasteiger partial charge in [-0.3, -0.25) is 0 Å². The fourth-order valence-electron chi connectivity index (χ4n) is 1.79. The lowest BCUT2D eigenvalue weighted by molar-refractivity contribution is 0.497. The van der Waals surface area contributed by atoms with Crippen molar-refractivity contribution in [3.8, 4) is 6.07 Å². The minimum absolute atomic E-state index is 0.445. The van der Waals surface area contributed by atoms with Gasteiger partial charge in [-0.25, -0.2) is 0 Å². The lowest BCUT2D eigenvalue weighted by atomic mass is 9.91. The summed E-state index contributed by atoms with van der Waals surface area (Å²) >= 11 is 3.50. The zero-order valence-corrected chi connectivity index (χ0v) is 12.0. The van der Waals surface area contributed by atoms with Crippen molar-refractivity contribution < 1.29 is 0 Å². The van der Waals surface area contributed by atoms with Gasteiger partial charge in [0.05, 0.1) is 6.07 Å². The van der Waals surface area contributed by atoms with Gasteiger partial charge in [0.15, 0.2) is 0 Å². The van der Waals surface area contributed by atoms with Crippen LogP contribution in [0.15, 0.2) is 28.7 Å². The second-order valence-corrected chi connectivity index (χ2v) is 5.11. The van der Waals surface area contributed by atoms with Gasteiger partial charge in [0, 0.05) is 10.2 Å². The molecule has 0 aliphatic carbocycles. The molecule has 17 heavy (non-hydrogen) atoms. The van der Waals surface area contributed by atoms with Crippen LogP contribution in [0.2, 0.25) is 0 Å². The number of nitrogens with zero attached hydrogens (tertiary/aromatic N) is 1. The molecule has 0 aliphatic heterocycles. The molecule has 1 aromatic rings. The molecular weight excluding hydrogens is 276 g/mol. The largest absolute Gasteiger partial charge is 0.366 e. The van der Waals surface area contributed by atoms with Crippen LogP contribution in [0.1, 0.15) is 39.5 Å². The van der Waals surface area contributed by atoms with Crippen LogP contribution in [0.5, 0.6) is 0 Å². The van der Waals surface area contributed by atoms with Gasteiger partial charge in [-0.05, 0) is 40.9 Å². The number of hydrogen-bond donors (Lipinski definition) is 1. The van der Waals surface area contributed by atoms with E-state index in [1.807, 2.05) is 24.3 Å². The number of unbranched alkanes of at least 4 members (excludes halogenated alkanes) is 1. The molecule has 1 rings (SSSR count). The van der Waals surface area contributed by atoms with Gasteiger partial charge in [0.25, 0.3) is 0 Å². The smallest absolute Gasteiger partial charge is 0.125 e. The van der Waals surface area contributed by atoms with E-state index in [9.17, 15) is 5.26 Å². The minimum atomic E-state index is -0.445. The third-order valence-corrected chi connectivity index (χ3v) is 3.71. The molecule has 1 aromatic carbocycles. The van der Waals surface area contributed by atoms with Crippen LogP contribution >= 0.6 is 15.9 Å². The molecule has 1 atom stereocenters. The maximum atomic E-state index is 9.43. The summed E-state index contributed by atoms with van der Waals surface area (Å²) in [5, 5.41) is 12.8. The molecule has 0 radical (unpaired) electrons. The Hall–Kier alpha value is -1.01. The summed E-state index contributed by atoms with van der Waals surface area (Å²) in [6.07, 6.45) is 3.88. The zero-order chi connectivity index (χ0) is 12.7. The highest BCUT2D eigenvalue weighted by Crippen LogP contribution is 2.28. The Labute approximate surface area is 112 Å². The third kappa shape index (κ3) is 3.74. The summed E-state index contributed by atoms with van der Waals surface area (Å²) in [4.78, 5) is 0. The van der Waals surface area contributed by atoms with Gasteiger partial charge in [0.2, 0.25) is 0 Å². The summed E-state index contributed by atoms with van der Waals surface area (Å²) in [5.41, 5.74) is 0.548. The van der Waals surface area contributed by atoms with E-state index in [2.05, 4.69) is 41.2 Å². The Bertz CT molecular complexity index is 397. The highest BCUT2D eigenvalue weighted by molar-refractivity contribution is 9.10. The summed E-state index contributed by atoms with van der Waals surface area (Å²) in [5.74, 6) is 0. The van der Waals surface area contributed by atoms with Crippen LogP contribution in [0.4, 0.5) is 5.69 Å². The molecule has 92 valence electrons. The fourth-order valence-corrected chi connectivity index (χ4v) is 2.17. The Kier molecular flexibility index (Phi) is 5.50. The second-order valence-electron chi connectivity index (χ2n) is 4.26. The van der Waals surface area contributed by atoms with E-state index in [1.165, 1.54) is 0 Å². The van der Waals surface area contributed by atoms with E-state index in [0.717, 1.165) is 35.8 Å². The highest BCUT2D eigenvalue weighted by atomic mass is 79.9. The first kappa shape index (κ1) is 14.1. The molecular formula is C14H19BrN2. The zero-order valence-electron chi connectivity index (χ0n) is 10.5. The van der Waals surface area contributed by atoms with Crippen molar-refractivity contribution in [1.29, 1.82) is 5.26 Å². The molecule has 0 heterocycles. The molecule has 1 unspecified atom stereocenters. The number of nitriles is 1. The fraction of sp³-hybridized carbons (Fsp3) is 0.500. The average molecular weight is 295 g/mol. The number of nitrogens with one attached hydrogen (secondary N) is 1. The summed E-state index contributed by atoms with van der Waals surface area (Å²) < 4.78 is 1.00. The molecule has 0 saturated heterocycles. The van der Waals surface area contributed by atoms with Crippen LogP contribution < -0.4 is 5.32 Å². The normalized spacial score (nSPS) is 13.8. The summed E-state index contributed by atoms with van der Waals surface area (Å²) in [7, 11) is 0. The standard InChI is InChI=1S/C14H19BrN2/c1-3-5-10-14(4-2,11-16)17-13-9-7-6-8-12(13)15/h6-9,17H,3-5,10H2,1-2H3. The van der Waals surface area contributed by atoms with Gasteiger partial charge in [-0.2, -0.15) is 5.26 Å². The Balaban J connectivity index is 2.87. The highest BCUT2D eigenvalue weighted by Gasteiger charge is 2.27. The second kappa shape index (κ2) is 6.66. The first-order valence-corrected chi connectivity index (χ1v) is 6.90. The molecule has 0 saturated carbocycles. The minimum Gasteiger partial charge on any atom is -0.366 e. The van der Waals surface area contributed by atoms with E-state index in [-0.39, 0.29) is 0 Å². The molecule has 0 bridgehead atoms. The first-order chi connectivity index (χ1) is 8.17. The van der Waals surface area contributed by atoms with E-state index >= 15 is 0 Å². The Morgan fingerprint density at radius 1 is 1.35 bits per heavy atom. The predicted molar refractivity (Wildman–Crippen MR) is 75.9 cm³/mol. The van der Waals surface area contributed by atoms with Crippen molar-refractivity contribution in [3.63, 3.8) is 0 Å². The van der Waals surface area contributed by atoms with Gasteiger partial charge in [-0.15, -0.1) is 0 Å². The number of anilines is 1. The lowest BCUT2D eigenvalue weighted by Crippen LogP contribution is -2.36. The number of hydrogen-bond acceptors (Lipinski definition) is 2. The third-order valence-electron chi connectivity index (χ3n) is 3.02. The van der Waals surface area contributed by atoms with Crippen molar-refractivity contribution in [1.82, 2.24) is 0 Å². The molecule has 0 aliphatic rings. The topological polar surface area (TPSA) is 35.8 Å². The van der Waals surface area contributed by atoms with E-state index in [4.69, 9.17) is 0 Å². The van der Waals surface area contributed by atoms with Gasteiger partial charge < -0.3 is 5.32 Å². The lowest BCUT2D eigenvalue weighted by Gasteiger charge is -2.28. The number of halogens is 1. The number of benzene rings is 1. The van der Waals surface area contributed by atoms with Crippen molar-refractivity contribution in [2.45, 2.75) is 45.1 Å². The van der Waals surface area contributed by atoms with Crippen molar-refractivity contribution >= 4 is 21.6 Å². The predicted octanol–water partition coefficient (Wildman–Crippen LogP) is 4.72. The molecule has 0 amide bonds. The van der Waals surface area contributed by atoms with Crippen molar-refractivity contribution in [2.75, 3.05) is 5.32 Å². The molecule has 1 N–H and O–H groups in total. The van der Waals surface area contributed by atoms with Gasteiger partial charge in [-0.1, -0.05) is 38.8 Å². The maximum Gasteiger partial charge on any atom is 0.125 e. The van der Waals surface area contributed by atoms with Crippen molar-refractivity contribution in [3.05, 3.63) is 28.7 Å². The van der Waals surface area contributed by atoms with Crippen LogP contribution in [-0.2, 0) is 0 Å². The average Bonchev–Trinajstić information content (AvgIpc) is 2.37. The summed E-state index contributed by atoms with van der Waals surface area (Å²) in [6.45, 7) is 4.21. The van der Waals surface area contributed by atoms with Gasteiger partial charge >= 0.3 is 0 Å². The Morgan fingerprint density at radius 2 is 2.06 bits per heavy atom. The number of para-hydroxylation sites is 1.